The van der Waals surface area contributed by atoms with Crippen molar-refractivity contribution in [1.29, 1.82) is 0 Å². The smallest absolute Gasteiger partial charge is 0.419 e. The maximum absolute atomic E-state index is 12.9. The van der Waals surface area contributed by atoms with Gasteiger partial charge in [0, 0.05) is 6.20 Å². The van der Waals surface area contributed by atoms with Gasteiger partial charge in [-0.25, -0.2) is 9.97 Å². The molecular weight excluding hydrogens is 309 g/mol. The number of hydrogen-bond acceptors (Lipinski definition) is 4. The van der Waals surface area contributed by atoms with Crippen molar-refractivity contribution in [3.8, 4) is 0 Å². The second kappa shape index (κ2) is 7.21. The summed E-state index contributed by atoms with van der Waals surface area (Å²) in [6.45, 7) is 0. The molecule has 0 bridgehead atoms. The fraction of sp³-hybridized carbons (Fsp3) is 0.312. The highest BCUT2D eigenvalue weighted by Crippen LogP contribution is 2.31. The van der Waals surface area contributed by atoms with E-state index in [4.69, 9.17) is 0 Å². The average molecular weight is 324 g/mol. The predicted octanol–water partition coefficient (Wildman–Crippen LogP) is 3.00. The molecule has 4 nitrogen and oxygen atoms in total. The van der Waals surface area contributed by atoms with Crippen molar-refractivity contribution in [3.63, 3.8) is 0 Å². The van der Waals surface area contributed by atoms with Crippen LogP contribution in [-0.2, 0) is 35.0 Å². The lowest BCUT2D eigenvalue weighted by molar-refractivity contribution is -0.140. The predicted molar refractivity (Wildman–Crippen MR) is 76.6 cm³/mol. The van der Waals surface area contributed by atoms with Crippen LogP contribution in [-0.4, -0.2) is 23.0 Å². The van der Waals surface area contributed by atoms with E-state index in [9.17, 15) is 18.0 Å². The van der Waals surface area contributed by atoms with Crippen molar-refractivity contribution >= 4 is 5.97 Å². The van der Waals surface area contributed by atoms with Crippen LogP contribution in [0.5, 0.6) is 0 Å². The molecule has 0 aliphatic rings. The van der Waals surface area contributed by atoms with Crippen molar-refractivity contribution in [3.05, 3.63) is 59.2 Å². The minimum absolute atomic E-state index is 0.0552. The van der Waals surface area contributed by atoms with Gasteiger partial charge in [-0.1, -0.05) is 24.3 Å². The molecule has 0 unspecified atom stereocenters. The maximum atomic E-state index is 12.9. The molecule has 0 radical (unpaired) electrons. The first-order chi connectivity index (χ1) is 10.9. The second-order valence-corrected chi connectivity index (χ2v) is 4.90. The zero-order valence-corrected chi connectivity index (χ0v) is 12.4. The lowest BCUT2D eigenvalue weighted by Gasteiger charge is -2.12. The third kappa shape index (κ3) is 4.51. The highest BCUT2D eigenvalue weighted by Gasteiger charge is 2.34. The number of carbonyl (C=O) groups is 1. The van der Waals surface area contributed by atoms with E-state index in [1.54, 1.807) is 24.3 Å². The van der Waals surface area contributed by atoms with Gasteiger partial charge in [0.2, 0.25) is 0 Å². The summed E-state index contributed by atoms with van der Waals surface area (Å²) in [5.74, 6) is -0.393. The van der Waals surface area contributed by atoms with Crippen LogP contribution in [0.3, 0.4) is 0 Å². The summed E-state index contributed by atoms with van der Waals surface area (Å²) in [4.78, 5) is 18.6. The lowest BCUT2D eigenvalue weighted by atomic mass is 9.98. The summed E-state index contributed by atoms with van der Waals surface area (Å²) in [5, 5.41) is 0. The fourth-order valence-corrected chi connectivity index (χ4v) is 2.25. The lowest BCUT2D eigenvalue weighted by Crippen LogP contribution is -2.13. The van der Waals surface area contributed by atoms with Gasteiger partial charge in [0.15, 0.2) is 0 Å². The van der Waals surface area contributed by atoms with Crippen molar-refractivity contribution in [2.75, 3.05) is 7.11 Å². The quantitative estimate of drug-likeness (QED) is 0.794. The van der Waals surface area contributed by atoms with Crippen LogP contribution in [0.25, 0.3) is 0 Å². The molecule has 0 spiro atoms. The van der Waals surface area contributed by atoms with Crippen LogP contribution >= 0.6 is 0 Å². The number of ether oxygens (including phenoxy) is 1. The number of hydrogen-bond donors (Lipinski definition) is 0. The van der Waals surface area contributed by atoms with E-state index in [-0.39, 0.29) is 18.5 Å². The van der Waals surface area contributed by atoms with Gasteiger partial charge in [-0.05, 0) is 24.0 Å². The van der Waals surface area contributed by atoms with Gasteiger partial charge in [-0.15, -0.1) is 0 Å². The van der Waals surface area contributed by atoms with Crippen LogP contribution in [0, 0.1) is 0 Å². The number of alkyl halides is 3. The van der Waals surface area contributed by atoms with Crippen LogP contribution in [0.15, 0.2) is 36.8 Å². The normalized spacial score (nSPS) is 11.3. The average Bonchev–Trinajstić information content (AvgIpc) is 2.53. The first kappa shape index (κ1) is 16.9. The summed E-state index contributed by atoms with van der Waals surface area (Å²) in [6.07, 6.45) is -2.07. The molecular formula is C16H15F3N2O2. The Bertz CT molecular complexity index is 687. The Morgan fingerprint density at radius 3 is 2.52 bits per heavy atom. The molecule has 0 atom stereocenters. The van der Waals surface area contributed by atoms with Crippen molar-refractivity contribution in [2.45, 2.75) is 25.4 Å². The Morgan fingerprint density at radius 2 is 1.87 bits per heavy atom. The van der Waals surface area contributed by atoms with Crippen molar-refractivity contribution in [2.24, 2.45) is 0 Å². The zero-order valence-electron chi connectivity index (χ0n) is 12.4. The van der Waals surface area contributed by atoms with Crippen molar-refractivity contribution < 1.29 is 22.7 Å². The Labute approximate surface area is 131 Å². The number of aryl methyl sites for hydroxylation is 2. The molecule has 0 aliphatic heterocycles. The third-order valence-corrected chi connectivity index (χ3v) is 3.41. The molecule has 0 saturated carbocycles. The van der Waals surface area contributed by atoms with Crippen LogP contribution < -0.4 is 0 Å². The zero-order chi connectivity index (χ0) is 16.9. The number of methoxy groups -OCH3 is 1. The van der Waals surface area contributed by atoms with Gasteiger partial charge >= 0.3 is 12.1 Å². The Balaban J connectivity index is 2.18. The maximum Gasteiger partial charge on any atom is 0.419 e. The third-order valence-electron chi connectivity index (χ3n) is 3.41. The van der Waals surface area contributed by atoms with Crippen LogP contribution in [0.2, 0.25) is 0 Å². The van der Waals surface area contributed by atoms with E-state index in [2.05, 4.69) is 14.7 Å². The first-order valence-electron chi connectivity index (χ1n) is 6.91. The summed E-state index contributed by atoms with van der Waals surface area (Å²) in [7, 11) is 1.29. The molecule has 7 heteroatoms. The molecule has 0 aliphatic carbocycles. The minimum atomic E-state index is -4.48. The SMILES string of the molecule is COC(=O)Cc1ccccc1CCc1ncncc1C(F)(F)F. The molecule has 2 aromatic rings. The number of halogens is 3. The summed E-state index contributed by atoms with van der Waals surface area (Å²) in [6, 6.07) is 7.10. The second-order valence-electron chi connectivity index (χ2n) is 4.90. The fourth-order valence-electron chi connectivity index (χ4n) is 2.25. The Hall–Kier alpha value is -2.44. The molecule has 1 aromatic heterocycles. The van der Waals surface area contributed by atoms with E-state index in [0.29, 0.717) is 6.42 Å². The number of nitrogens with zero attached hydrogens (tertiary/aromatic N) is 2. The molecule has 0 N–H and O–H groups in total. The van der Waals surface area contributed by atoms with Crippen LogP contribution in [0.4, 0.5) is 13.2 Å². The summed E-state index contributed by atoms with van der Waals surface area (Å²) >= 11 is 0. The van der Waals surface area contributed by atoms with Gasteiger partial charge in [0.25, 0.3) is 0 Å². The number of aromatic nitrogens is 2. The topological polar surface area (TPSA) is 52.1 Å². The van der Waals surface area contributed by atoms with Crippen LogP contribution in [0.1, 0.15) is 22.4 Å². The molecule has 1 aromatic carbocycles. The molecule has 122 valence electrons. The Morgan fingerprint density at radius 1 is 1.17 bits per heavy atom. The Kier molecular flexibility index (Phi) is 5.31. The highest BCUT2D eigenvalue weighted by molar-refractivity contribution is 5.72. The standard InChI is InChI=1S/C16H15F3N2O2/c1-23-15(22)8-12-5-3-2-4-11(12)6-7-14-13(16(17,18)19)9-20-10-21-14/h2-5,9-10H,6-8H2,1H3. The van der Waals surface area contributed by atoms with Gasteiger partial charge in [-0.2, -0.15) is 13.2 Å². The highest BCUT2D eigenvalue weighted by atomic mass is 19.4. The van der Waals surface area contributed by atoms with E-state index >= 15 is 0 Å². The van der Waals surface area contributed by atoms with Gasteiger partial charge in [0.1, 0.15) is 6.33 Å². The van der Waals surface area contributed by atoms with Crippen molar-refractivity contribution in [1.82, 2.24) is 9.97 Å². The number of rotatable bonds is 5. The monoisotopic (exact) mass is 324 g/mol. The summed E-state index contributed by atoms with van der Waals surface area (Å²) < 4.78 is 43.4. The summed E-state index contributed by atoms with van der Waals surface area (Å²) in [5.41, 5.74) is 0.650. The van der Waals surface area contributed by atoms with Gasteiger partial charge in [-0.3, -0.25) is 4.79 Å². The molecule has 1 heterocycles. The number of esters is 1. The largest absolute Gasteiger partial charge is 0.469 e. The number of carbonyl (C=O) groups excluding carboxylic acids is 1. The molecule has 0 saturated heterocycles. The first-order valence-corrected chi connectivity index (χ1v) is 6.91. The molecule has 2 rings (SSSR count). The molecule has 0 fully saturated rings. The van der Waals surface area contributed by atoms with E-state index in [1.807, 2.05) is 0 Å². The van der Waals surface area contributed by atoms with E-state index < -0.39 is 17.7 Å². The molecule has 23 heavy (non-hydrogen) atoms. The van der Waals surface area contributed by atoms with Gasteiger partial charge < -0.3 is 4.74 Å². The van der Waals surface area contributed by atoms with E-state index in [0.717, 1.165) is 23.7 Å². The number of benzene rings is 1. The molecule has 0 amide bonds. The van der Waals surface area contributed by atoms with Gasteiger partial charge in [0.05, 0.1) is 24.8 Å². The minimum Gasteiger partial charge on any atom is -0.469 e. The van der Waals surface area contributed by atoms with E-state index in [1.165, 1.54) is 7.11 Å².